The molecule has 1 aromatic heterocycles. The van der Waals surface area contributed by atoms with E-state index in [1.807, 2.05) is 31.2 Å². The standard InChI is InChI=1S/C22H24N2O4/c1-16-12-21(28-15-20-14-26-10-11-27-20)23-22(25)24(16)13-19-8-6-18(7-9-19)5-4-17-2-3-17/h6-9,12,17,20H,2-3,10-11,13-15H2,1H3. The number of aromatic nitrogens is 2. The van der Waals surface area contributed by atoms with Gasteiger partial charge in [0.05, 0.1) is 26.4 Å². The number of aryl methyl sites for hydroxylation is 1. The molecule has 1 unspecified atom stereocenters. The predicted octanol–water partition coefficient (Wildman–Crippen LogP) is 2.16. The van der Waals surface area contributed by atoms with Crippen LogP contribution in [-0.2, 0) is 16.0 Å². The van der Waals surface area contributed by atoms with Crippen molar-refractivity contribution in [2.45, 2.75) is 32.4 Å². The van der Waals surface area contributed by atoms with Crippen molar-refractivity contribution in [1.29, 1.82) is 0 Å². The molecule has 0 N–H and O–H groups in total. The molecule has 28 heavy (non-hydrogen) atoms. The zero-order valence-corrected chi connectivity index (χ0v) is 16.0. The molecule has 0 amide bonds. The van der Waals surface area contributed by atoms with E-state index in [0.717, 1.165) is 16.8 Å². The number of nitrogens with zero attached hydrogens (tertiary/aromatic N) is 2. The summed E-state index contributed by atoms with van der Waals surface area (Å²) in [6.07, 6.45) is 2.32. The molecule has 0 radical (unpaired) electrons. The topological polar surface area (TPSA) is 62.6 Å². The van der Waals surface area contributed by atoms with Crippen molar-refractivity contribution in [1.82, 2.24) is 9.55 Å². The van der Waals surface area contributed by atoms with Crippen molar-refractivity contribution in [2.24, 2.45) is 5.92 Å². The van der Waals surface area contributed by atoms with Gasteiger partial charge in [0.1, 0.15) is 12.7 Å². The minimum absolute atomic E-state index is 0.125. The van der Waals surface area contributed by atoms with Gasteiger partial charge >= 0.3 is 5.69 Å². The lowest BCUT2D eigenvalue weighted by Gasteiger charge is -2.22. The summed E-state index contributed by atoms with van der Waals surface area (Å²) >= 11 is 0. The van der Waals surface area contributed by atoms with Gasteiger partial charge in [-0.15, -0.1) is 0 Å². The number of hydrogen-bond donors (Lipinski definition) is 0. The molecule has 1 aliphatic carbocycles. The molecule has 2 heterocycles. The lowest BCUT2D eigenvalue weighted by atomic mass is 10.1. The Hall–Kier alpha value is -2.62. The van der Waals surface area contributed by atoms with Gasteiger partial charge in [0.25, 0.3) is 0 Å². The van der Waals surface area contributed by atoms with E-state index in [1.54, 1.807) is 10.6 Å². The molecule has 2 fully saturated rings. The van der Waals surface area contributed by atoms with E-state index in [0.29, 0.717) is 44.8 Å². The first-order chi connectivity index (χ1) is 13.7. The summed E-state index contributed by atoms with van der Waals surface area (Å²) in [5.41, 5.74) is 2.52. The van der Waals surface area contributed by atoms with Crippen LogP contribution in [0, 0.1) is 24.7 Å². The van der Waals surface area contributed by atoms with Crippen molar-refractivity contribution in [3.63, 3.8) is 0 Å². The summed E-state index contributed by atoms with van der Waals surface area (Å²) < 4.78 is 18.1. The van der Waals surface area contributed by atoms with Gasteiger partial charge in [-0.05, 0) is 37.5 Å². The lowest BCUT2D eigenvalue weighted by molar-refractivity contribution is -0.102. The zero-order valence-electron chi connectivity index (χ0n) is 16.0. The van der Waals surface area contributed by atoms with Crippen LogP contribution in [0.3, 0.4) is 0 Å². The number of rotatable bonds is 5. The molecule has 1 atom stereocenters. The first kappa shape index (κ1) is 18.7. The highest BCUT2D eigenvalue weighted by molar-refractivity contribution is 5.37. The average molecular weight is 380 g/mol. The number of hydrogen-bond acceptors (Lipinski definition) is 5. The smallest absolute Gasteiger partial charge is 0.351 e. The summed E-state index contributed by atoms with van der Waals surface area (Å²) in [7, 11) is 0. The van der Waals surface area contributed by atoms with Crippen LogP contribution in [0.2, 0.25) is 0 Å². The Morgan fingerprint density at radius 3 is 2.75 bits per heavy atom. The molecule has 4 rings (SSSR count). The van der Waals surface area contributed by atoms with E-state index in [2.05, 4.69) is 16.8 Å². The molecule has 1 aliphatic heterocycles. The second kappa shape index (κ2) is 8.59. The van der Waals surface area contributed by atoms with Gasteiger partial charge in [0, 0.05) is 23.2 Å². The summed E-state index contributed by atoms with van der Waals surface area (Å²) in [4.78, 5) is 16.5. The van der Waals surface area contributed by atoms with Gasteiger partial charge in [-0.2, -0.15) is 4.98 Å². The van der Waals surface area contributed by atoms with Crippen LogP contribution in [0.5, 0.6) is 5.88 Å². The molecule has 6 heteroatoms. The monoisotopic (exact) mass is 380 g/mol. The second-order valence-corrected chi connectivity index (χ2v) is 7.22. The van der Waals surface area contributed by atoms with Crippen molar-refractivity contribution in [2.75, 3.05) is 26.4 Å². The fourth-order valence-electron chi connectivity index (χ4n) is 2.96. The quantitative estimate of drug-likeness (QED) is 0.744. The fraction of sp³-hybridized carbons (Fsp3) is 0.455. The molecule has 1 saturated heterocycles. The van der Waals surface area contributed by atoms with Crippen LogP contribution in [-0.4, -0.2) is 42.1 Å². The van der Waals surface area contributed by atoms with Gasteiger partial charge in [0.2, 0.25) is 5.88 Å². The zero-order chi connectivity index (χ0) is 19.3. The average Bonchev–Trinajstić information content (AvgIpc) is 3.54. The second-order valence-electron chi connectivity index (χ2n) is 7.22. The third kappa shape index (κ3) is 5.00. The minimum atomic E-state index is -0.326. The summed E-state index contributed by atoms with van der Waals surface area (Å²) in [6, 6.07) is 9.80. The molecular weight excluding hydrogens is 356 g/mol. The van der Waals surface area contributed by atoms with E-state index < -0.39 is 0 Å². The van der Waals surface area contributed by atoms with E-state index >= 15 is 0 Å². The normalized spacial score (nSPS) is 19.0. The Morgan fingerprint density at radius 2 is 2.07 bits per heavy atom. The van der Waals surface area contributed by atoms with Gasteiger partial charge in [-0.3, -0.25) is 4.57 Å². The molecule has 1 aromatic carbocycles. The van der Waals surface area contributed by atoms with E-state index in [1.165, 1.54) is 12.8 Å². The molecule has 0 spiro atoms. The first-order valence-corrected chi connectivity index (χ1v) is 9.68. The van der Waals surface area contributed by atoms with Crippen LogP contribution in [0.15, 0.2) is 35.1 Å². The third-order valence-corrected chi connectivity index (χ3v) is 4.79. The number of benzene rings is 1. The van der Waals surface area contributed by atoms with Gasteiger partial charge in [-0.25, -0.2) is 4.79 Å². The van der Waals surface area contributed by atoms with Crippen molar-refractivity contribution >= 4 is 0 Å². The van der Waals surface area contributed by atoms with Gasteiger partial charge in [-0.1, -0.05) is 24.0 Å². The Kier molecular flexibility index (Phi) is 5.75. The summed E-state index contributed by atoms with van der Waals surface area (Å²) in [6.45, 7) is 4.33. The molecule has 2 aromatic rings. The molecule has 146 valence electrons. The highest BCUT2D eigenvalue weighted by Gasteiger charge is 2.18. The maximum atomic E-state index is 12.5. The van der Waals surface area contributed by atoms with Crippen molar-refractivity contribution in [3.8, 4) is 17.7 Å². The highest BCUT2D eigenvalue weighted by Crippen LogP contribution is 2.27. The van der Waals surface area contributed by atoms with Crippen LogP contribution < -0.4 is 10.4 Å². The maximum absolute atomic E-state index is 12.5. The van der Waals surface area contributed by atoms with Gasteiger partial charge < -0.3 is 14.2 Å². The predicted molar refractivity (Wildman–Crippen MR) is 104 cm³/mol. The van der Waals surface area contributed by atoms with E-state index in [-0.39, 0.29) is 11.8 Å². The van der Waals surface area contributed by atoms with E-state index in [9.17, 15) is 4.79 Å². The SMILES string of the molecule is Cc1cc(OCC2COCCO2)nc(=O)n1Cc1ccc(C#CC2CC2)cc1. The van der Waals surface area contributed by atoms with E-state index in [4.69, 9.17) is 14.2 Å². The highest BCUT2D eigenvalue weighted by atomic mass is 16.6. The molecule has 1 saturated carbocycles. The summed E-state index contributed by atoms with van der Waals surface area (Å²) in [5.74, 6) is 7.36. The Balaban J connectivity index is 1.40. The van der Waals surface area contributed by atoms with Crippen LogP contribution in [0.1, 0.15) is 29.7 Å². The van der Waals surface area contributed by atoms with Gasteiger partial charge in [0.15, 0.2) is 0 Å². The largest absolute Gasteiger partial charge is 0.475 e. The van der Waals surface area contributed by atoms with Crippen molar-refractivity contribution < 1.29 is 14.2 Å². The maximum Gasteiger partial charge on any atom is 0.351 e. The fourth-order valence-corrected chi connectivity index (χ4v) is 2.96. The Morgan fingerprint density at radius 1 is 1.25 bits per heavy atom. The molecular formula is C22H24N2O4. The molecule has 0 bridgehead atoms. The lowest BCUT2D eigenvalue weighted by Crippen LogP contribution is -2.34. The first-order valence-electron chi connectivity index (χ1n) is 9.68. The molecule has 2 aliphatic rings. The van der Waals surface area contributed by atoms with Crippen LogP contribution >= 0.6 is 0 Å². The molecule has 6 nitrogen and oxygen atoms in total. The Bertz CT molecular complexity index is 930. The summed E-state index contributed by atoms with van der Waals surface area (Å²) in [5, 5.41) is 0. The number of ether oxygens (including phenoxy) is 3. The van der Waals surface area contributed by atoms with Crippen LogP contribution in [0.25, 0.3) is 0 Å². The Labute approximate surface area is 164 Å². The third-order valence-electron chi connectivity index (χ3n) is 4.79. The van der Waals surface area contributed by atoms with Crippen LogP contribution in [0.4, 0.5) is 0 Å². The van der Waals surface area contributed by atoms with Crippen molar-refractivity contribution in [3.05, 3.63) is 57.6 Å². The minimum Gasteiger partial charge on any atom is -0.475 e.